The van der Waals surface area contributed by atoms with Gasteiger partial charge in [-0.2, -0.15) is 0 Å². The van der Waals surface area contributed by atoms with Crippen molar-refractivity contribution >= 4 is 12.2 Å². The Labute approximate surface area is 138 Å². The second-order valence-corrected chi connectivity index (χ2v) is 5.93. The van der Waals surface area contributed by atoms with Crippen molar-refractivity contribution in [2.24, 2.45) is 10.9 Å². The van der Waals surface area contributed by atoms with E-state index in [-0.39, 0.29) is 12.6 Å². The normalized spacial score (nSPS) is 12.5. The topological polar surface area (TPSA) is 38.7 Å². The molecule has 2 rings (SSSR count). The number of hydrogen-bond donors (Lipinski definition) is 0. The average molecular weight is 309 g/mol. The van der Waals surface area contributed by atoms with Crippen molar-refractivity contribution in [1.82, 2.24) is 0 Å². The average Bonchev–Trinajstić information content (AvgIpc) is 2.58. The predicted octanol–water partition coefficient (Wildman–Crippen LogP) is 4.26. The Kier molecular flexibility index (Phi) is 6.55. The molecule has 0 aromatic heterocycles. The molecule has 0 amide bonds. The number of carbonyl (C=O) groups is 1. The fraction of sp³-hybridized carbons (Fsp3) is 0.300. The standard InChI is InChI=1S/C20H23NO2/c1-16(2)13-19(21-14-17-9-5-3-6-10-17)20(22)23-15-18-11-7-4-8-12-18/h3-12,14,16,19H,13,15H2,1-2H3/b21-14+. The highest BCUT2D eigenvalue weighted by atomic mass is 16.5. The second-order valence-electron chi connectivity index (χ2n) is 5.93. The lowest BCUT2D eigenvalue weighted by Crippen LogP contribution is -2.23. The van der Waals surface area contributed by atoms with Crippen LogP contribution in [0.5, 0.6) is 0 Å². The number of nitrogens with zero attached hydrogens (tertiary/aromatic N) is 1. The summed E-state index contributed by atoms with van der Waals surface area (Å²) in [7, 11) is 0. The van der Waals surface area contributed by atoms with E-state index in [1.54, 1.807) is 6.21 Å². The van der Waals surface area contributed by atoms with Gasteiger partial charge >= 0.3 is 5.97 Å². The van der Waals surface area contributed by atoms with E-state index in [1.165, 1.54) is 0 Å². The third-order valence-electron chi connectivity index (χ3n) is 3.39. The van der Waals surface area contributed by atoms with Crippen LogP contribution in [-0.4, -0.2) is 18.2 Å². The van der Waals surface area contributed by atoms with Gasteiger partial charge in [0.25, 0.3) is 0 Å². The molecule has 0 saturated carbocycles. The van der Waals surface area contributed by atoms with Crippen molar-refractivity contribution in [3.63, 3.8) is 0 Å². The molecule has 0 radical (unpaired) electrons. The zero-order chi connectivity index (χ0) is 16.5. The Hall–Kier alpha value is -2.42. The Morgan fingerprint density at radius 1 is 1.04 bits per heavy atom. The van der Waals surface area contributed by atoms with Gasteiger partial charge in [-0.05, 0) is 23.5 Å². The highest BCUT2D eigenvalue weighted by Crippen LogP contribution is 2.12. The monoisotopic (exact) mass is 309 g/mol. The minimum absolute atomic E-state index is 0.269. The van der Waals surface area contributed by atoms with Crippen molar-refractivity contribution in [1.29, 1.82) is 0 Å². The van der Waals surface area contributed by atoms with Crippen LogP contribution in [0.25, 0.3) is 0 Å². The highest BCUT2D eigenvalue weighted by molar-refractivity contribution is 5.84. The number of hydrogen-bond acceptors (Lipinski definition) is 3. The summed E-state index contributed by atoms with van der Waals surface area (Å²) < 4.78 is 5.43. The van der Waals surface area contributed by atoms with Crippen LogP contribution >= 0.6 is 0 Å². The first-order valence-electron chi connectivity index (χ1n) is 7.94. The number of rotatable bonds is 7. The third kappa shape index (κ3) is 6.07. The Morgan fingerprint density at radius 3 is 2.26 bits per heavy atom. The Bertz CT molecular complexity index is 621. The molecule has 0 fully saturated rings. The van der Waals surface area contributed by atoms with Crippen LogP contribution in [0.15, 0.2) is 65.7 Å². The molecule has 1 unspecified atom stereocenters. The van der Waals surface area contributed by atoms with E-state index in [9.17, 15) is 4.79 Å². The number of carbonyl (C=O) groups excluding carboxylic acids is 1. The maximum atomic E-state index is 12.3. The summed E-state index contributed by atoms with van der Waals surface area (Å²) in [4.78, 5) is 16.8. The molecule has 0 spiro atoms. The van der Waals surface area contributed by atoms with Crippen LogP contribution in [0.1, 0.15) is 31.4 Å². The molecule has 2 aromatic rings. The van der Waals surface area contributed by atoms with Gasteiger partial charge in [-0.15, -0.1) is 0 Å². The van der Waals surface area contributed by atoms with Crippen molar-refractivity contribution in [2.45, 2.75) is 32.9 Å². The van der Waals surface area contributed by atoms with Gasteiger partial charge in [0.15, 0.2) is 0 Å². The van der Waals surface area contributed by atoms with Gasteiger partial charge in [0.1, 0.15) is 12.6 Å². The van der Waals surface area contributed by atoms with Gasteiger partial charge in [0.05, 0.1) is 0 Å². The zero-order valence-electron chi connectivity index (χ0n) is 13.7. The summed E-state index contributed by atoms with van der Waals surface area (Å²) >= 11 is 0. The molecule has 3 nitrogen and oxygen atoms in total. The van der Waals surface area contributed by atoms with Gasteiger partial charge in [-0.3, -0.25) is 4.99 Å². The van der Waals surface area contributed by atoms with Gasteiger partial charge in [-0.25, -0.2) is 4.79 Å². The van der Waals surface area contributed by atoms with E-state index in [4.69, 9.17) is 4.74 Å². The summed E-state index contributed by atoms with van der Waals surface area (Å²) in [5.74, 6) is 0.104. The largest absolute Gasteiger partial charge is 0.459 e. The SMILES string of the molecule is CC(C)CC(/N=C/c1ccccc1)C(=O)OCc1ccccc1. The smallest absolute Gasteiger partial charge is 0.331 e. The molecular formula is C20H23NO2. The van der Waals surface area contributed by atoms with Gasteiger partial charge < -0.3 is 4.74 Å². The van der Waals surface area contributed by atoms with Crippen LogP contribution < -0.4 is 0 Å². The molecule has 0 heterocycles. The fourth-order valence-corrected chi connectivity index (χ4v) is 2.20. The predicted molar refractivity (Wildman–Crippen MR) is 93.5 cm³/mol. The van der Waals surface area contributed by atoms with Crippen LogP contribution in [0.2, 0.25) is 0 Å². The van der Waals surface area contributed by atoms with Crippen molar-refractivity contribution in [2.75, 3.05) is 0 Å². The number of ether oxygens (including phenoxy) is 1. The number of aliphatic imine (C=N–C) groups is 1. The summed E-state index contributed by atoms with van der Waals surface area (Å²) in [6, 6.07) is 19.0. The molecule has 0 saturated heterocycles. The second kappa shape index (κ2) is 8.89. The molecule has 0 aliphatic carbocycles. The molecule has 3 heteroatoms. The lowest BCUT2D eigenvalue weighted by atomic mass is 10.0. The summed E-state index contributed by atoms with van der Waals surface area (Å²) in [6.07, 6.45) is 2.42. The van der Waals surface area contributed by atoms with Crippen molar-refractivity contribution in [3.8, 4) is 0 Å². The Balaban J connectivity index is 1.99. The maximum absolute atomic E-state index is 12.3. The van der Waals surface area contributed by atoms with E-state index in [1.807, 2.05) is 60.7 Å². The van der Waals surface area contributed by atoms with E-state index in [2.05, 4.69) is 18.8 Å². The van der Waals surface area contributed by atoms with Crippen molar-refractivity contribution in [3.05, 3.63) is 71.8 Å². The zero-order valence-corrected chi connectivity index (χ0v) is 13.7. The molecule has 120 valence electrons. The minimum Gasteiger partial charge on any atom is -0.459 e. The summed E-state index contributed by atoms with van der Waals surface area (Å²) in [5, 5.41) is 0. The molecule has 0 aliphatic heterocycles. The summed E-state index contributed by atoms with van der Waals surface area (Å²) in [6.45, 7) is 4.44. The van der Waals surface area contributed by atoms with Gasteiger partial charge in [0, 0.05) is 6.21 Å². The number of benzene rings is 2. The third-order valence-corrected chi connectivity index (χ3v) is 3.39. The first kappa shape index (κ1) is 16.9. The van der Waals surface area contributed by atoms with Gasteiger partial charge in [-0.1, -0.05) is 74.5 Å². The number of esters is 1. The van der Waals surface area contributed by atoms with Crippen LogP contribution in [-0.2, 0) is 16.1 Å². The first-order valence-corrected chi connectivity index (χ1v) is 7.94. The fourth-order valence-electron chi connectivity index (χ4n) is 2.20. The van der Waals surface area contributed by atoms with Crippen LogP contribution in [0, 0.1) is 5.92 Å². The maximum Gasteiger partial charge on any atom is 0.331 e. The van der Waals surface area contributed by atoms with E-state index < -0.39 is 6.04 Å². The van der Waals surface area contributed by atoms with Gasteiger partial charge in [0.2, 0.25) is 0 Å². The van der Waals surface area contributed by atoms with E-state index >= 15 is 0 Å². The molecular weight excluding hydrogens is 286 g/mol. The minimum atomic E-state index is -0.459. The van der Waals surface area contributed by atoms with E-state index in [0.717, 1.165) is 11.1 Å². The molecule has 23 heavy (non-hydrogen) atoms. The quantitative estimate of drug-likeness (QED) is 0.566. The van der Waals surface area contributed by atoms with E-state index in [0.29, 0.717) is 12.3 Å². The van der Waals surface area contributed by atoms with Crippen molar-refractivity contribution < 1.29 is 9.53 Å². The molecule has 1 atom stereocenters. The summed E-state index contributed by atoms with van der Waals surface area (Å²) in [5.41, 5.74) is 1.97. The Morgan fingerprint density at radius 2 is 1.65 bits per heavy atom. The van der Waals surface area contributed by atoms with Crippen LogP contribution in [0.3, 0.4) is 0 Å². The molecule has 2 aromatic carbocycles. The molecule has 0 N–H and O–H groups in total. The first-order chi connectivity index (χ1) is 11.1. The molecule has 0 bridgehead atoms. The lowest BCUT2D eigenvalue weighted by molar-refractivity contribution is -0.146. The lowest BCUT2D eigenvalue weighted by Gasteiger charge is -2.14. The molecule has 0 aliphatic rings. The highest BCUT2D eigenvalue weighted by Gasteiger charge is 2.20. The van der Waals surface area contributed by atoms with Crippen LogP contribution in [0.4, 0.5) is 0 Å².